The molecular weight excluding hydrogens is 208 g/mol. The third kappa shape index (κ3) is 3.09. The lowest BCUT2D eigenvalue weighted by Gasteiger charge is -2.40. The molecule has 2 aliphatic rings. The van der Waals surface area contributed by atoms with Gasteiger partial charge in [0, 0.05) is 30.9 Å². The molecule has 2 N–H and O–H groups in total. The Morgan fingerprint density at radius 3 is 3.07 bits per heavy atom. The van der Waals surface area contributed by atoms with Gasteiger partial charge in [-0.1, -0.05) is 0 Å². The van der Waals surface area contributed by atoms with Gasteiger partial charge >= 0.3 is 0 Å². The molecule has 2 saturated heterocycles. The molecule has 0 aliphatic carbocycles. The van der Waals surface area contributed by atoms with Crippen LogP contribution >= 0.6 is 11.8 Å². The summed E-state index contributed by atoms with van der Waals surface area (Å²) in [5, 5.41) is 0. The molecule has 3 nitrogen and oxygen atoms in total. The van der Waals surface area contributed by atoms with Crippen molar-refractivity contribution in [3.05, 3.63) is 0 Å². The average Bonchev–Trinajstić information content (AvgIpc) is 2.30. The van der Waals surface area contributed by atoms with Crippen LogP contribution in [0.2, 0.25) is 0 Å². The minimum absolute atomic E-state index is 0.157. The number of hydrogen-bond acceptors (Lipinski definition) is 4. The van der Waals surface area contributed by atoms with E-state index in [4.69, 9.17) is 10.5 Å². The Kier molecular flexibility index (Phi) is 4.31. The summed E-state index contributed by atoms with van der Waals surface area (Å²) in [6.45, 7) is 5.02. The van der Waals surface area contributed by atoms with E-state index >= 15 is 0 Å². The van der Waals surface area contributed by atoms with Gasteiger partial charge in [-0.05, 0) is 25.5 Å². The molecule has 3 unspecified atom stereocenters. The minimum atomic E-state index is 0.157. The first-order chi connectivity index (χ1) is 7.27. The first kappa shape index (κ1) is 11.7. The molecule has 0 bridgehead atoms. The molecule has 2 rings (SSSR count). The molecule has 3 atom stereocenters. The lowest BCUT2D eigenvalue weighted by molar-refractivity contribution is -0.0499. The van der Waals surface area contributed by atoms with Crippen LogP contribution in [-0.2, 0) is 4.74 Å². The van der Waals surface area contributed by atoms with Crippen molar-refractivity contribution >= 4 is 11.8 Å². The Morgan fingerprint density at radius 2 is 2.40 bits per heavy atom. The summed E-state index contributed by atoms with van der Waals surface area (Å²) in [5.41, 5.74) is 5.90. The van der Waals surface area contributed by atoms with Gasteiger partial charge in [-0.15, -0.1) is 0 Å². The van der Waals surface area contributed by atoms with Crippen LogP contribution in [0, 0.1) is 0 Å². The number of nitrogens with two attached hydrogens (primary N) is 1. The molecule has 0 aromatic rings. The highest BCUT2D eigenvalue weighted by atomic mass is 32.2. The number of morpholine rings is 1. The fourth-order valence-electron chi connectivity index (χ4n) is 2.36. The van der Waals surface area contributed by atoms with Crippen molar-refractivity contribution in [3.8, 4) is 0 Å². The second-order valence-corrected chi connectivity index (χ2v) is 5.78. The van der Waals surface area contributed by atoms with Crippen LogP contribution in [-0.4, -0.2) is 54.3 Å². The number of ether oxygens (including phenoxy) is 1. The zero-order valence-electron chi connectivity index (χ0n) is 9.52. The maximum Gasteiger partial charge on any atom is 0.0850 e. The summed E-state index contributed by atoms with van der Waals surface area (Å²) < 4.78 is 5.69. The highest BCUT2D eigenvalue weighted by Crippen LogP contribution is 2.23. The minimum Gasteiger partial charge on any atom is -0.374 e. The Balaban J connectivity index is 1.85. The van der Waals surface area contributed by atoms with Crippen LogP contribution < -0.4 is 5.73 Å². The molecule has 15 heavy (non-hydrogen) atoms. The largest absolute Gasteiger partial charge is 0.374 e. The van der Waals surface area contributed by atoms with Gasteiger partial charge in [-0.25, -0.2) is 0 Å². The second-order valence-electron chi connectivity index (χ2n) is 4.63. The van der Waals surface area contributed by atoms with E-state index in [0.717, 1.165) is 25.7 Å². The molecule has 2 aliphatic heterocycles. The summed E-state index contributed by atoms with van der Waals surface area (Å²) in [6.07, 6.45) is 2.97. The highest BCUT2D eigenvalue weighted by Gasteiger charge is 2.28. The number of hydrogen-bond donors (Lipinski definition) is 1. The zero-order chi connectivity index (χ0) is 10.7. The van der Waals surface area contributed by atoms with Crippen LogP contribution in [0.25, 0.3) is 0 Å². The smallest absolute Gasteiger partial charge is 0.0850 e. The van der Waals surface area contributed by atoms with Crippen LogP contribution in [0.1, 0.15) is 19.8 Å². The number of nitrogens with zero attached hydrogens (tertiary/aromatic N) is 1. The average molecular weight is 230 g/mol. The normalized spacial score (nSPS) is 36.4. The summed E-state index contributed by atoms with van der Waals surface area (Å²) in [6, 6.07) is 0.929. The monoisotopic (exact) mass is 230 g/mol. The van der Waals surface area contributed by atoms with Gasteiger partial charge in [-0.2, -0.15) is 11.8 Å². The molecular formula is C11H22N2OS. The van der Waals surface area contributed by atoms with E-state index in [1.807, 2.05) is 6.92 Å². The Hall–Kier alpha value is 0.230. The van der Waals surface area contributed by atoms with Gasteiger partial charge in [-0.3, -0.25) is 4.90 Å². The molecule has 0 saturated carbocycles. The number of thioether (sulfide) groups is 1. The molecule has 2 fully saturated rings. The summed E-state index contributed by atoms with van der Waals surface area (Å²) in [4.78, 5) is 2.59. The van der Waals surface area contributed by atoms with Crippen molar-refractivity contribution in [1.29, 1.82) is 0 Å². The second kappa shape index (κ2) is 5.53. The quantitative estimate of drug-likeness (QED) is 0.766. The lowest BCUT2D eigenvalue weighted by atomic mass is 10.1. The Bertz CT molecular complexity index is 195. The summed E-state index contributed by atoms with van der Waals surface area (Å²) in [7, 11) is 0. The fraction of sp³-hybridized carbons (Fsp3) is 1.00. The van der Waals surface area contributed by atoms with E-state index in [1.165, 1.54) is 24.3 Å². The van der Waals surface area contributed by atoms with Crippen LogP contribution in [0.15, 0.2) is 0 Å². The van der Waals surface area contributed by atoms with Crippen molar-refractivity contribution in [2.24, 2.45) is 5.73 Å². The fourth-order valence-corrected chi connectivity index (χ4v) is 3.54. The zero-order valence-corrected chi connectivity index (χ0v) is 10.3. The molecule has 0 radical (unpaired) electrons. The topological polar surface area (TPSA) is 38.5 Å². The summed E-state index contributed by atoms with van der Waals surface area (Å²) >= 11 is 2.09. The first-order valence-electron chi connectivity index (χ1n) is 5.96. The van der Waals surface area contributed by atoms with Crippen molar-refractivity contribution < 1.29 is 4.74 Å². The van der Waals surface area contributed by atoms with Crippen molar-refractivity contribution in [2.75, 3.05) is 31.2 Å². The lowest BCUT2D eigenvalue weighted by Crippen LogP contribution is -2.53. The third-order valence-electron chi connectivity index (χ3n) is 3.36. The van der Waals surface area contributed by atoms with Crippen molar-refractivity contribution in [1.82, 2.24) is 4.90 Å². The standard InChI is InChI=1S/C11H22N2OS/c1-9(12)11-7-13(4-5-14-11)10-3-2-6-15-8-10/h9-11H,2-8,12H2,1H3. The van der Waals surface area contributed by atoms with Gasteiger partial charge in [0.2, 0.25) is 0 Å². The van der Waals surface area contributed by atoms with E-state index < -0.39 is 0 Å². The molecule has 2 heterocycles. The maximum absolute atomic E-state index is 5.90. The first-order valence-corrected chi connectivity index (χ1v) is 7.12. The van der Waals surface area contributed by atoms with Gasteiger partial charge in [0.25, 0.3) is 0 Å². The molecule has 0 amide bonds. The molecule has 88 valence electrons. The van der Waals surface area contributed by atoms with E-state index in [9.17, 15) is 0 Å². The Labute approximate surface area is 96.7 Å². The Morgan fingerprint density at radius 1 is 1.53 bits per heavy atom. The SMILES string of the molecule is CC(N)C1CN(C2CCCSC2)CCO1. The predicted molar refractivity (Wildman–Crippen MR) is 65.3 cm³/mol. The molecule has 4 heteroatoms. The van der Waals surface area contributed by atoms with Gasteiger partial charge < -0.3 is 10.5 Å². The molecule has 0 spiro atoms. The molecule has 0 aromatic carbocycles. The highest BCUT2D eigenvalue weighted by molar-refractivity contribution is 7.99. The van der Waals surface area contributed by atoms with E-state index in [1.54, 1.807) is 0 Å². The van der Waals surface area contributed by atoms with Crippen LogP contribution in [0.5, 0.6) is 0 Å². The van der Waals surface area contributed by atoms with Gasteiger partial charge in [0.05, 0.1) is 12.7 Å². The molecule has 0 aromatic heterocycles. The van der Waals surface area contributed by atoms with Crippen LogP contribution in [0.4, 0.5) is 0 Å². The van der Waals surface area contributed by atoms with E-state index in [2.05, 4.69) is 16.7 Å². The van der Waals surface area contributed by atoms with Crippen LogP contribution in [0.3, 0.4) is 0 Å². The van der Waals surface area contributed by atoms with Gasteiger partial charge in [0.15, 0.2) is 0 Å². The van der Waals surface area contributed by atoms with Crippen molar-refractivity contribution in [2.45, 2.75) is 38.0 Å². The third-order valence-corrected chi connectivity index (χ3v) is 4.56. The van der Waals surface area contributed by atoms with Crippen molar-refractivity contribution in [3.63, 3.8) is 0 Å². The number of rotatable bonds is 2. The predicted octanol–water partition coefficient (Wildman–Crippen LogP) is 0.930. The van der Waals surface area contributed by atoms with E-state index in [0.29, 0.717) is 0 Å². The summed E-state index contributed by atoms with van der Waals surface area (Å²) in [5.74, 6) is 2.64. The van der Waals surface area contributed by atoms with Gasteiger partial charge in [0.1, 0.15) is 0 Å². The van der Waals surface area contributed by atoms with E-state index in [-0.39, 0.29) is 12.1 Å². The maximum atomic E-state index is 5.90.